The molecule has 2 heterocycles. The molecule has 2 aromatic heterocycles. The quantitative estimate of drug-likeness (QED) is 0.718. The summed E-state index contributed by atoms with van der Waals surface area (Å²) in [6.07, 6.45) is 1.56. The first-order chi connectivity index (χ1) is 8.22. The normalized spacial score (nSPS) is 9.35. The highest BCUT2D eigenvalue weighted by molar-refractivity contribution is 6.29. The molecule has 0 saturated carbocycles. The number of halogens is 1. The molecule has 17 heavy (non-hydrogen) atoms. The van der Waals surface area contributed by atoms with Crippen LogP contribution in [0.15, 0.2) is 30.5 Å². The van der Waals surface area contributed by atoms with Gasteiger partial charge in [0.2, 0.25) is 0 Å². The van der Waals surface area contributed by atoms with Gasteiger partial charge in [0.05, 0.1) is 0 Å². The van der Waals surface area contributed by atoms with E-state index in [1.165, 1.54) is 0 Å². The summed E-state index contributed by atoms with van der Waals surface area (Å²) in [4.78, 5) is 7.79. The predicted octanol–water partition coefficient (Wildman–Crippen LogP) is 2.54. The second-order valence-electron chi connectivity index (χ2n) is 3.22. The summed E-state index contributed by atoms with van der Waals surface area (Å²) >= 11 is 5.80. The van der Waals surface area contributed by atoms with Crippen LogP contribution in [0.1, 0.15) is 11.4 Å². The SMILES string of the molecule is N#Cc1ccc(-c2cc(Cl)nc(C#N)c2)cn1. The molecule has 80 valence electrons. The van der Waals surface area contributed by atoms with Gasteiger partial charge in [0.25, 0.3) is 0 Å². The molecule has 0 fully saturated rings. The third-order valence-corrected chi connectivity index (χ3v) is 2.31. The zero-order valence-electron chi connectivity index (χ0n) is 8.55. The smallest absolute Gasteiger partial charge is 0.142 e. The lowest BCUT2D eigenvalue weighted by Gasteiger charge is -2.02. The van der Waals surface area contributed by atoms with Crippen molar-refractivity contribution in [2.45, 2.75) is 0 Å². The van der Waals surface area contributed by atoms with Crippen LogP contribution >= 0.6 is 11.6 Å². The van der Waals surface area contributed by atoms with Gasteiger partial charge < -0.3 is 0 Å². The monoisotopic (exact) mass is 240 g/mol. The second kappa shape index (κ2) is 4.61. The molecule has 2 aromatic rings. The largest absolute Gasteiger partial charge is 0.245 e. The number of hydrogen-bond acceptors (Lipinski definition) is 4. The molecule has 2 rings (SSSR count). The lowest BCUT2D eigenvalue weighted by Crippen LogP contribution is -1.88. The maximum atomic E-state index is 8.79. The van der Waals surface area contributed by atoms with Crippen LogP contribution in [0.4, 0.5) is 0 Å². The molecular weight excluding hydrogens is 236 g/mol. The fraction of sp³-hybridized carbons (Fsp3) is 0. The second-order valence-corrected chi connectivity index (χ2v) is 3.61. The maximum absolute atomic E-state index is 8.79. The van der Waals surface area contributed by atoms with E-state index in [2.05, 4.69) is 9.97 Å². The summed E-state index contributed by atoms with van der Waals surface area (Å²) in [5, 5.41) is 17.7. The number of pyridine rings is 2. The van der Waals surface area contributed by atoms with Crippen molar-refractivity contribution in [2.24, 2.45) is 0 Å². The number of hydrogen-bond donors (Lipinski definition) is 0. The van der Waals surface area contributed by atoms with Crippen molar-refractivity contribution in [1.29, 1.82) is 10.5 Å². The van der Waals surface area contributed by atoms with Gasteiger partial charge in [-0.25, -0.2) is 9.97 Å². The fourth-order valence-electron chi connectivity index (χ4n) is 1.35. The fourth-order valence-corrected chi connectivity index (χ4v) is 1.56. The Kier molecular flexibility index (Phi) is 3.00. The van der Waals surface area contributed by atoms with Crippen LogP contribution in [-0.4, -0.2) is 9.97 Å². The molecule has 0 aliphatic rings. The standard InChI is InChI=1S/C12H5ClN4/c13-12-4-9(3-11(6-15)17-12)8-1-2-10(5-14)16-7-8/h1-4,7H. The number of nitrogens with zero attached hydrogens (tertiary/aromatic N) is 4. The van der Waals surface area contributed by atoms with E-state index in [0.717, 1.165) is 11.1 Å². The van der Waals surface area contributed by atoms with Gasteiger partial charge in [-0.15, -0.1) is 0 Å². The van der Waals surface area contributed by atoms with E-state index in [1.807, 2.05) is 12.1 Å². The topological polar surface area (TPSA) is 73.4 Å². The molecule has 4 nitrogen and oxygen atoms in total. The van der Waals surface area contributed by atoms with Crippen LogP contribution in [0.25, 0.3) is 11.1 Å². The molecular formula is C12H5ClN4. The van der Waals surface area contributed by atoms with Crippen molar-refractivity contribution in [3.05, 3.63) is 47.0 Å². The molecule has 0 radical (unpaired) electrons. The van der Waals surface area contributed by atoms with E-state index in [0.29, 0.717) is 5.69 Å². The van der Waals surface area contributed by atoms with Gasteiger partial charge >= 0.3 is 0 Å². The molecule has 0 aliphatic heterocycles. The van der Waals surface area contributed by atoms with Crippen LogP contribution in [-0.2, 0) is 0 Å². The molecule has 0 aliphatic carbocycles. The Morgan fingerprint density at radius 1 is 1.00 bits per heavy atom. The highest BCUT2D eigenvalue weighted by atomic mass is 35.5. The van der Waals surface area contributed by atoms with Crippen LogP contribution in [0, 0.1) is 22.7 Å². The van der Waals surface area contributed by atoms with Crippen LogP contribution in [0.3, 0.4) is 0 Å². The van der Waals surface area contributed by atoms with E-state index in [4.69, 9.17) is 22.1 Å². The third kappa shape index (κ3) is 2.39. The van der Waals surface area contributed by atoms with Gasteiger partial charge in [-0.3, -0.25) is 0 Å². The first kappa shape index (κ1) is 11.1. The lowest BCUT2D eigenvalue weighted by molar-refractivity contribution is 1.24. The summed E-state index contributed by atoms with van der Waals surface area (Å²) in [6.45, 7) is 0. The molecule has 0 amide bonds. The molecule has 0 aromatic carbocycles. The van der Waals surface area contributed by atoms with Gasteiger partial charge in [-0.2, -0.15) is 10.5 Å². The summed E-state index contributed by atoms with van der Waals surface area (Å²) in [7, 11) is 0. The summed E-state index contributed by atoms with van der Waals surface area (Å²) in [6, 6.07) is 10.5. The summed E-state index contributed by atoms with van der Waals surface area (Å²) in [5.41, 5.74) is 2.12. The molecule has 0 unspecified atom stereocenters. The maximum Gasteiger partial charge on any atom is 0.142 e. The first-order valence-electron chi connectivity index (χ1n) is 4.67. The average molecular weight is 241 g/mol. The zero-order valence-corrected chi connectivity index (χ0v) is 9.31. The summed E-state index contributed by atoms with van der Waals surface area (Å²) in [5.74, 6) is 0. The number of nitriles is 2. The molecule has 0 bridgehead atoms. The van der Waals surface area contributed by atoms with E-state index >= 15 is 0 Å². The molecule has 0 spiro atoms. The minimum absolute atomic E-state index is 0.247. The van der Waals surface area contributed by atoms with Crippen molar-refractivity contribution in [2.75, 3.05) is 0 Å². The Labute approximate surface area is 103 Å². The van der Waals surface area contributed by atoms with Gasteiger partial charge in [-0.1, -0.05) is 11.6 Å². The minimum atomic E-state index is 0.247. The van der Waals surface area contributed by atoms with E-state index in [9.17, 15) is 0 Å². The first-order valence-corrected chi connectivity index (χ1v) is 5.05. The zero-order chi connectivity index (χ0) is 12.3. The summed E-state index contributed by atoms with van der Waals surface area (Å²) < 4.78 is 0. The van der Waals surface area contributed by atoms with E-state index in [1.54, 1.807) is 30.5 Å². The van der Waals surface area contributed by atoms with E-state index < -0.39 is 0 Å². The van der Waals surface area contributed by atoms with Crippen LogP contribution in [0.5, 0.6) is 0 Å². The number of rotatable bonds is 1. The van der Waals surface area contributed by atoms with Crippen molar-refractivity contribution in [3.63, 3.8) is 0 Å². The minimum Gasteiger partial charge on any atom is -0.245 e. The van der Waals surface area contributed by atoms with E-state index in [-0.39, 0.29) is 10.8 Å². The van der Waals surface area contributed by atoms with Crippen molar-refractivity contribution in [3.8, 4) is 23.3 Å². The Morgan fingerprint density at radius 3 is 2.35 bits per heavy atom. The molecule has 0 N–H and O–H groups in total. The Morgan fingerprint density at radius 2 is 1.76 bits per heavy atom. The van der Waals surface area contributed by atoms with Crippen molar-refractivity contribution < 1.29 is 0 Å². The molecule has 5 heteroatoms. The molecule has 0 atom stereocenters. The number of aromatic nitrogens is 2. The lowest BCUT2D eigenvalue weighted by atomic mass is 10.1. The third-order valence-electron chi connectivity index (χ3n) is 2.12. The van der Waals surface area contributed by atoms with Crippen LogP contribution in [0.2, 0.25) is 5.15 Å². The van der Waals surface area contributed by atoms with Gasteiger partial charge in [-0.05, 0) is 29.8 Å². The van der Waals surface area contributed by atoms with Crippen LogP contribution < -0.4 is 0 Å². The Hall–Kier alpha value is -2.43. The highest BCUT2D eigenvalue weighted by Crippen LogP contribution is 2.22. The van der Waals surface area contributed by atoms with Gasteiger partial charge in [0, 0.05) is 11.8 Å². The Balaban J connectivity index is 2.50. The van der Waals surface area contributed by atoms with Crippen molar-refractivity contribution >= 4 is 11.6 Å². The predicted molar refractivity (Wildman–Crippen MR) is 61.9 cm³/mol. The van der Waals surface area contributed by atoms with Gasteiger partial charge in [0.15, 0.2) is 0 Å². The Bertz CT molecular complexity index is 635. The highest BCUT2D eigenvalue weighted by Gasteiger charge is 2.04. The molecule has 0 saturated heterocycles. The average Bonchev–Trinajstić information content (AvgIpc) is 2.38. The van der Waals surface area contributed by atoms with Crippen molar-refractivity contribution in [1.82, 2.24) is 9.97 Å². The van der Waals surface area contributed by atoms with Gasteiger partial charge in [0.1, 0.15) is 28.7 Å².